The van der Waals surface area contributed by atoms with Gasteiger partial charge in [-0.05, 0) is 23.8 Å². The second-order valence-electron chi connectivity index (χ2n) is 3.19. The fourth-order valence-electron chi connectivity index (χ4n) is 1.31. The number of carbonyl (C=O) groups is 1. The summed E-state index contributed by atoms with van der Waals surface area (Å²) in [5.74, 6) is -0.0103. The van der Waals surface area contributed by atoms with E-state index in [2.05, 4.69) is 4.98 Å². The number of benzene rings is 1. The van der Waals surface area contributed by atoms with Gasteiger partial charge in [0, 0.05) is 6.20 Å². The molecule has 0 spiro atoms. The van der Waals surface area contributed by atoms with Crippen LogP contribution in [0, 0.1) is 0 Å². The summed E-state index contributed by atoms with van der Waals surface area (Å²) in [6.07, 6.45) is 5.12. The monoisotopic (exact) mass is 197 g/mol. The van der Waals surface area contributed by atoms with Gasteiger partial charge in [0.05, 0.1) is 5.69 Å². The summed E-state index contributed by atoms with van der Waals surface area (Å²) >= 11 is 0. The molecule has 1 aromatic heterocycles. The Kier molecular flexibility index (Phi) is 2.79. The largest absolute Gasteiger partial charge is 0.359 e. The van der Waals surface area contributed by atoms with Crippen molar-refractivity contribution >= 4 is 11.9 Å². The lowest BCUT2D eigenvalue weighted by Gasteiger charge is -1.91. The summed E-state index contributed by atoms with van der Waals surface area (Å²) in [6, 6.07) is 13.3. The standard InChI is InChI=1S/C13H11NO/c15-13(12-7-4-10-14-12)9-8-11-5-2-1-3-6-11/h1-10,14H/b9-8+. The van der Waals surface area contributed by atoms with Gasteiger partial charge in [-0.2, -0.15) is 0 Å². The lowest BCUT2D eigenvalue weighted by atomic mass is 10.2. The lowest BCUT2D eigenvalue weighted by Crippen LogP contribution is -1.93. The predicted molar refractivity (Wildman–Crippen MR) is 60.6 cm³/mol. The van der Waals surface area contributed by atoms with Gasteiger partial charge in [0.15, 0.2) is 0 Å². The SMILES string of the molecule is O=C(/C=C/c1ccccc1)c1ccc[nH]1. The molecular formula is C13H11NO. The molecule has 74 valence electrons. The number of nitrogens with one attached hydrogen (secondary N) is 1. The smallest absolute Gasteiger partial charge is 0.201 e. The first-order valence-corrected chi connectivity index (χ1v) is 4.77. The highest BCUT2D eigenvalue weighted by Gasteiger charge is 1.99. The van der Waals surface area contributed by atoms with Crippen molar-refractivity contribution in [2.75, 3.05) is 0 Å². The molecule has 0 unspecified atom stereocenters. The highest BCUT2D eigenvalue weighted by molar-refractivity contribution is 6.05. The van der Waals surface area contributed by atoms with E-state index in [-0.39, 0.29) is 5.78 Å². The third-order valence-electron chi connectivity index (χ3n) is 2.09. The van der Waals surface area contributed by atoms with E-state index < -0.39 is 0 Å². The molecule has 1 N–H and O–H groups in total. The molecule has 0 saturated carbocycles. The first kappa shape index (κ1) is 9.46. The average molecular weight is 197 g/mol. The van der Waals surface area contributed by atoms with Gasteiger partial charge in [-0.25, -0.2) is 0 Å². The molecule has 2 heteroatoms. The predicted octanol–water partition coefficient (Wildman–Crippen LogP) is 2.91. The number of H-pyrrole nitrogens is 1. The number of ketones is 1. The summed E-state index contributed by atoms with van der Waals surface area (Å²) in [7, 11) is 0. The molecule has 0 aliphatic heterocycles. The van der Waals surface area contributed by atoms with Crippen LogP contribution in [-0.4, -0.2) is 10.8 Å². The molecule has 1 aromatic carbocycles. The summed E-state index contributed by atoms with van der Waals surface area (Å²) in [5.41, 5.74) is 1.64. The topological polar surface area (TPSA) is 32.9 Å². The van der Waals surface area contributed by atoms with Gasteiger partial charge in [-0.1, -0.05) is 36.4 Å². The van der Waals surface area contributed by atoms with Crippen molar-refractivity contribution in [2.45, 2.75) is 0 Å². The minimum Gasteiger partial charge on any atom is -0.359 e. The normalized spacial score (nSPS) is 10.7. The molecule has 0 bridgehead atoms. The van der Waals surface area contributed by atoms with Gasteiger partial charge in [0.25, 0.3) is 0 Å². The van der Waals surface area contributed by atoms with Gasteiger partial charge < -0.3 is 4.98 Å². The van der Waals surface area contributed by atoms with E-state index in [0.29, 0.717) is 5.69 Å². The van der Waals surface area contributed by atoms with Crippen LogP contribution in [0.4, 0.5) is 0 Å². The summed E-state index contributed by atoms with van der Waals surface area (Å²) in [5, 5.41) is 0. The van der Waals surface area contributed by atoms with Gasteiger partial charge >= 0.3 is 0 Å². The van der Waals surface area contributed by atoms with Crippen molar-refractivity contribution in [3.63, 3.8) is 0 Å². The van der Waals surface area contributed by atoms with Crippen LogP contribution in [0.25, 0.3) is 6.08 Å². The van der Waals surface area contributed by atoms with E-state index in [0.717, 1.165) is 5.56 Å². The van der Waals surface area contributed by atoms with Crippen LogP contribution in [0.2, 0.25) is 0 Å². The second kappa shape index (κ2) is 4.42. The fourth-order valence-corrected chi connectivity index (χ4v) is 1.31. The van der Waals surface area contributed by atoms with Crippen molar-refractivity contribution in [1.29, 1.82) is 0 Å². The Balaban J connectivity index is 2.10. The molecule has 0 aliphatic rings. The molecule has 0 fully saturated rings. The van der Waals surface area contributed by atoms with E-state index in [4.69, 9.17) is 0 Å². The van der Waals surface area contributed by atoms with E-state index in [9.17, 15) is 4.79 Å². The molecule has 15 heavy (non-hydrogen) atoms. The quantitative estimate of drug-likeness (QED) is 0.595. The first-order chi connectivity index (χ1) is 7.36. The Labute approximate surface area is 88.3 Å². The van der Waals surface area contributed by atoms with E-state index >= 15 is 0 Å². The van der Waals surface area contributed by atoms with Crippen LogP contribution in [0.3, 0.4) is 0 Å². The first-order valence-electron chi connectivity index (χ1n) is 4.77. The maximum absolute atomic E-state index is 11.6. The maximum atomic E-state index is 11.6. The van der Waals surface area contributed by atoms with Gasteiger partial charge in [0.2, 0.25) is 5.78 Å². The van der Waals surface area contributed by atoms with Gasteiger partial charge in [-0.15, -0.1) is 0 Å². The van der Waals surface area contributed by atoms with Crippen LogP contribution < -0.4 is 0 Å². The third kappa shape index (κ3) is 2.44. The zero-order chi connectivity index (χ0) is 10.5. The Morgan fingerprint density at radius 1 is 1.07 bits per heavy atom. The van der Waals surface area contributed by atoms with E-state index in [1.54, 1.807) is 18.3 Å². The van der Waals surface area contributed by atoms with Crippen LogP contribution in [-0.2, 0) is 0 Å². The maximum Gasteiger partial charge on any atom is 0.201 e. The van der Waals surface area contributed by atoms with Crippen molar-refractivity contribution in [3.8, 4) is 0 Å². The Bertz CT molecular complexity index is 455. The van der Waals surface area contributed by atoms with Crippen LogP contribution in [0.15, 0.2) is 54.7 Å². The second-order valence-corrected chi connectivity index (χ2v) is 3.19. The summed E-state index contributed by atoms with van der Waals surface area (Å²) in [6.45, 7) is 0. The zero-order valence-electron chi connectivity index (χ0n) is 8.18. The molecule has 0 saturated heterocycles. The van der Waals surface area contributed by atoms with Crippen LogP contribution in [0.5, 0.6) is 0 Å². The van der Waals surface area contributed by atoms with Crippen molar-refractivity contribution in [3.05, 3.63) is 66.0 Å². The molecule has 0 radical (unpaired) electrons. The molecule has 2 nitrogen and oxygen atoms in total. The van der Waals surface area contributed by atoms with Gasteiger partial charge in [-0.3, -0.25) is 4.79 Å². The molecule has 1 heterocycles. The molecule has 2 rings (SSSR count). The highest BCUT2D eigenvalue weighted by atomic mass is 16.1. The van der Waals surface area contributed by atoms with Gasteiger partial charge in [0.1, 0.15) is 0 Å². The lowest BCUT2D eigenvalue weighted by molar-refractivity contribution is 0.104. The summed E-state index contributed by atoms with van der Waals surface area (Å²) < 4.78 is 0. The number of allylic oxidation sites excluding steroid dienone is 1. The zero-order valence-corrected chi connectivity index (χ0v) is 8.18. The van der Waals surface area contributed by atoms with E-state index in [1.165, 1.54) is 0 Å². The number of hydrogen-bond acceptors (Lipinski definition) is 1. The van der Waals surface area contributed by atoms with Crippen LogP contribution >= 0.6 is 0 Å². The Hall–Kier alpha value is -2.09. The Morgan fingerprint density at radius 3 is 2.53 bits per heavy atom. The molecule has 2 aromatic rings. The van der Waals surface area contributed by atoms with Crippen molar-refractivity contribution < 1.29 is 4.79 Å². The molecule has 0 atom stereocenters. The summed E-state index contributed by atoms with van der Waals surface area (Å²) in [4.78, 5) is 14.4. The number of hydrogen-bond donors (Lipinski definition) is 1. The molecular weight excluding hydrogens is 186 g/mol. The number of carbonyl (C=O) groups excluding carboxylic acids is 1. The molecule has 0 amide bonds. The molecule has 0 aliphatic carbocycles. The van der Waals surface area contributed by atoms with Crippen molar-refractivity contribution in [2.24, 2.45) is 0 Å². The number of aromatic nitrogens is 1. The highest BCUT2D eigenvalue weighted by Crippen LogP contribution is 2.03. The minimum absolute atomic E-state index is 0.0103. The van der Waals surface area contributed by atoms with E-state index in [1.807, 2.05) is 42.5 Å². The third-order valence-corrected chi connectivity index (χ3v) is 2.09. The Morgan fingerprint density at radius 2 is 1.87 bits per heavy atom. The van der Waals surface area contributed by atoms with Crippen LogP contribution in [0.1, 0.15) is 16.1 Å². The average Bonchev–Trinajstić information content (AvgIpc) is 2.81. The fraction of sp³-hybridized carbons (Fsp3) is 0. The minimum atomic E-state index is -0.0103. The van der Waals surface area contributed by atoms with Crippen molar-refractivity contribution in [1.82, 2.24) is 4.98 Å². The number of aromatic amines is 1. The number of rotatable bonds is 3.